The fourth-order valence-corrected chi connectivity index (χ4v) is 4.49. The maximum atomic E-state index is 10.3. The molecule has 1 saturated heterocycles. The van der Waals surface area contributed by atoms with Gasteiger partial charge in [0.25, 0.3) is 0 Å². The fraction of sp³-hybridized carbons (Fsp3) is 1.00. The first kappa shape index (κ1) is 13.8. The molecule has 4 fully saturated rings. The minimum Gasteiger partial charge on any atom is -0.393 e. The van der Waals surface area contributed by atoms with Gasteiger partial charge in [0.15, 0.2) is 6.29 Å². The minimum absolute atomic E-state index is 0.0108. The van der Waals surface area contributed by atoms with E-state index in [1.165, 1.54) is 19.3 Å². The quantitative estimate of drug-likeness (QED) is 0.852. The van der Waals surface area contributed by atoms with E-state index in [1.54, 1.807) is 0 Å². The lowest BCUT2D eigenvalue weighted by molar-refractivity contribution is -0.187. The van der Waals surface area contributed by atoms with Crippen molar-refractivity contribution in [3.63, 3.8) is 0 Å². The van der Waals surface area contributed by atoms with Gasteiger partial charge in [-0.3, -0.25) is 0 Å². The van der Waals surface area contributed by atoms with Crippen LogP contribution in [0.1, 0.15) is 52.4 Å². The molecule has 5 atom stereocenters. The third kappa shape index (κ3) is 2.57. The SMILES string of the molecule is CC1(C)[C@H]2C[C@H](O)[C@@H](CCOC3CCCCO3)[C@@H]1C2. The van der Waals surface area contributed by atoms with Crippen LogP contribution in [0.15, 0.2) is 0 Å². The summed E-state index contributed by atoms with van der Waals surface area (Å²) >= 11 is 0. The monoisotopic (exact) mass is 268 g/mol. The van der Waals surface area contributed by atoms with Crippen LogP contribution in [0, 0.1) is 23.2 Å². The average molecular weight is 268 g/mol. The van der Waals surface area contributed by atoms with Gasteiger partial charge in [0.05, 0.1) is 12.7 Å². The molecule has 0 amide bonds. The highest BCUT2D eigenvalue weighted by Gasteiger charge is 2.57. The van der Waals surface area contributed by atoms with Crippen LogP contribution in [-0.4, -0.2) is 30.7 Å². The summed E-state index contributed by atoms with van der Waals surface area (Å²) in [4.78, 5) is 0. The summed E-state index contributed by atoms with van der Waals surface area (Å²) in [6.45, 7) is 6.32. The number of aliphatic hydroxyl groups is 1. The highest BCUT2D eigenvalue weighted by atomic mass is 16.7. The molecule has 0 radical (unpaired) electrons. The second-order valence-corrected chi connectivity index (χ2v) is 7.28. The standard InChI is InChI=1S/C16H28O3/c1-16(2)11-9-13(16)12(14(17)10-11)6-8-19-15-5-3-4-7-18-15/h11-15,17H,3-10H2,1-2H3/t11-,12+,13+,14+,15?/m1/s1. The Balaban J connectivity index is 1.46. The van der Waals surface area contributed by atoms with E-state index in [4.69, 9.17) is 9.47 Å². The Morgan fingerprint density at radius 1 is 1.26 bits per heavy atom. The van der Waals surface area contributed by atoms with Gasteiger partial charge in [-0.2, -0.15) is 0 Å². The van der Waals surface area contributed by atoms with E-state index in [2.05, 4.69) is 13.8 Å². The van der Waals surface area contributed by atoms with Crippen molar-refractivity contribution >= 4 is 0 Å². The zero-order valence-corrected chi connectivity index (χ0v) is 12.3. The lowest BCUT2D eigenvalue weighted by atomic mass is 9.44. The van der Waals surface area contributed by atoms with Crippen LogP contribution in [0.2, 0.25) is 0 Å². The molecule has 2 bridgehead atoms. The summed E-state index contributed by atoms with van der Waals surface area (Å²) in [5.41, 5.74) is 0.436. The zero-order chi connectivity index (χ0) is 13.5. The fourth-order valence-electron chi connectivity index (χ4n) is 4.49. The predicted octanol–water partition coefficient (Wildman–Crippen LogP) is 2.96. The van der Waals surface area contributed by atoms with E-state index in [-0.39, 0.29) is 12.4 Å². The molecule has 19 heavy (non-hydrogen) atoms. The molecule has 0 aromatic rings. The molecule has 1 N–H and O–H groups in total. The minimum atomic E-state index is -0.104. The van der Waals surface area contributed by atoms with Gasteiger partial charge in [-0.25, -0.2) is 0 Å². The largest absolute Gasteiger partial charge is 0.393 e. The highest BCUT2D eigenvalue weighted by molar-refractivity contribution is 5.06. The van der Waals surface area contributed by atoms with Crippen LogP contribution in [0.5, 0.6) is 0 Å². The number of hydrogen-bond donors (Lipinski definition) is 1. The van der Waals surface area contributed by atoms with Crippen molar-refractivity contribution in [2.24, 2.45) is 23.2 Å². The maximum absolute atomic E-state index is 10.3. The van der Waals surface area contributed by atoms with Crippen LogP contribution in [0.25, 0.3) is 0 Å². The highest BCUT2D eigenvalue weighted by Crippen LogP contribution is 2.61. The summed E-state index contributed by atoms with van der Waals surface area (Å²) in [7, 11) is 0. The third-order valence-electron chi connectivity index (χ3n) is 5.98. The molecule has 0 aromatic carbocycles. The second-order valence-electron chi connectivity index (χ2n) is 7.28. The van der Waals surface area contributed by atoms with Gasteiger partial charge >= 0.3 is 0 Å². The molecule has 3 heteroatoms. The Morgan fingerprint density at radius 2 is 2.11 bits per heavy atom. The van der Waals surface area contributed by atoms with Gasteiger partial charge in [0.2, 0.25) is 0 Å². The Morgan fingerprint density at radius 3 is 2.79 bits per heavy atom. The van der Waals surface area contributed by atoms with Gasteiger partial charge in [-0.05, 0) is 61.7 Å². The molecular weight excluding hydrogens is 240 g/mol. The number of fused-ring (bicyclic) bond motifs is 2. The van der Waals surface area contributed by atoms with Crippen LogP contribution in [0.3, 0.4) is 0 Å². The molecule has 1 heterocycles. The van der Waals surface area contributed by atoms with E-state index in [1.807, 2.05) is 0 Å². The summed E-state index contributed by atoms with van der Waals surface area (Å²) in [6.07, 6.45) is 6.62. The molecule has 3 saturated carbocycles. The van der Waals surface area contributed by atoms with Crippen molar-refractivity contribution in [1.82, 2.24) is 0 Å². The van der Waals surface area contributed by atoms with E-state index < -0.39 is 0 Å². The van der Waals surface area contributed by atoms with Crippen molar-refractivity contribution in [1.29, 1.82) is 0 Å². The molecule has 1 aliphatic heterocycles. The van der Waals surface area contributed by atoms with Crippen molar-refractivity contribution in [2.75, 3.05) is 13.2 Å². The van der Waals surface area contributed by atoms with Gasteiger partial charge in [-0.15, -0.1) is 0 Å². The van der Waals surface area contributed by atoms with Gasteiger partial charge in [-0.1, -0.05) is 13.8 Å². The molecule has 0 aromatic heterocycles. The Hall–Kier alpha value is -0.120. The smallest absolute Gasteiger partial charge is 0.157 e. The van der Waals surface area contributed by atoms with E-state index in [0.717, 1.165) is 38.4 Å². The summed E-state index contributed by atoms with van der Waals surface area (Å²) in [5, 5.41) is 10.3. The summed E-state index contributed by atoms with van der Waals surface area (Å²) < 4.78 is 11.4. The molecule has 1 unspecified atom stereocenters. The molecule has 3 nitrogen and oxygen atoms in total. The third-order valence-corrected chi connectivity index (χ3v) is 5.98. The van der Waals surface area contributed by atoms with Crippen molar-refractivity contribution in [3.8, 4) is 0 Å². The Bertz CT molecular complexity index is 309. The van der Waals surface area contributed by atoms with E-state index in [0.29, 0.717) is 17.3 Å². The first-order valence-corrected chi connectivity index (χ1v) is 8.00. The van der Waals surface area contributed by atoms with Crippen LogP contribution >= 0.6 is 0 Å². The van der Waals surface area contributed by atoms with E-state index in [9.17, 15) is 5.11 Å². The Kier molecular flexibility index (Phi) is 3.89. The van der Waals surface area contributed by atoms with Crippen molar-refractivity contribution in [2.45, 2.75) is 64.8 Å². The lowest BCUT2D eigenvalue weighted by Crippen LogP contribution is -2.57. The first-order valence-electron chi connectivity index (χ1n) is 8.00. The second kappa shape index (κ2) is 5.34. The number of hydrogen-bond acceptors (Lipinski definition) is 3. The van der Waals surface area contributed by atoms with Crippen LogP contribution in [0.4, 0.5) is 0 Å². The first-order chi connectivity index (χ1) is 9.09. The van der Waals surface area contributed by atoms with Crippen LogP contribution < -0.4 is 0 Å². The normalized spacial score (nSPS) is 44.7. The number of aliphatic hydroxyl groups excluding tert-OH is 1. The Labute approximate surface area is 116 Å². The molecule has 4 aliphatic rings. The molecule has 4 rings (SSSR count). The average Bonchev–Trinajstić information content (AvgIpc) is 2.41. The van der Waals surface area contributed by atoms with Crippen molar-refractivity contribution in [3.05, 3.63) is 0 Å². The predicted molar refractivity (Wildman–Crippen MR) is 73.7 cm³/mol. The molecule has 3 aliphatic carbocycles. The molecule has 0 spiro atoms. The lowest BCUT2D eigenvalue weighted by Gasteiger charge is -2.61. The zero-order valence-electron chi connectivity index (χ0n) is 12.3. The van der Waals surface area contributed by atoms with Gasteiger partial charge in [0.1, 0.15) is 0 Å². The number of ether oxygens (including phenoxy) is 2. The van der Waals surface area contributed by atoms with Crippen LogP contribution in [-0.2, 0) is 9.47 Å². The summed E-state index contributed by atoms with van der Waals surface area (Å²) in [6, 6.07) is 0. The molecule has 110 valence electrons. The topological polar surface area (TPSA) is 38.7 Å². The molecular formula is C16H28O3. The van der Waals surface area contributed by atoms with E-state index >= 15 is 0 Å². The summed E-state index contributed by atoms with van der Waals surface area (Å²) in [5.74, 6) is 1.87. The van der Waals surface area contributed by atoms with Gasteiger partial charge < -0.3 is 14.6 Å². The maximum Gasteiger partial charge on any atom is 0.157 e. The van der Waals surface area contributed by atoms with Crippen molar-refractivity contribution < 1.29 is 14.6 Å². The van der Waals surface area contributed by atoms with Gasteiger partial charge in [0, 0.05) is 6.61 Å². The number of rotatable bonds is 4.